The number of carboxylic acids is 1. The van der Waals surface area contributed by atoms with Crippen molar-refractivity contribution >= 4 is 5.97 Å². The summed E-state index contributed by atoms with van der Waals surface area (Å²) in [5.74, 6) is -0.116. The molecule has 0 unspecified atom stereocenters. The molecule has 1 aliphatic carbocycles. The van der Waals surface area contributed by atoms with Crippen LogP contribution in [0.25, 0.3) is 0 Å². The van der Waals surface area contributed by atoms with E-state index in [-0.39, 0.29) is 0 Å². The van der Waals surface area contributed by atoms with Crippen molar-refractivity contribution in [3.05, 3.63) is 0 Å². The molecule has 0 heterocycles. The molecule has 0 saturated heterocycles. The van der Waals surface area contributed by atoms with Gasteiger partial charge < -0.3 is 5.11 Å². The lowest BCUT2D eigenvalue weighted by molar-refractivity contribution is -0.150. The van der Waals surface area contributed by atoms with Gasteiger partial charge in [-0.15, -0.1) is 0 Å². The molecule has 14 heavy (non-hydrogen) atoms. The number of carbonyl (C=O) groups is 1. The molecule has 1 saturated carbocycles. The summed E-state index contributed by atoms with van der Waals surface area (Å²) in [7, 11) is 1.94. The highest BCUT2D eigenvalue weighted by atomic mass is 16.4. The molecule has 0 aromatic rings. The Labute approximate surface area is 86.1 Å². The summed E-state index contributed by atoms with van der Waals surface area (Å²) in [4.78, 5) is 13.3. The maximum absolute atomic E-state index is 11.3. The second kappa shape index (κ2) is 4.30. The van der Waals surface area contributed by atoms with E-state index in [4.69, 9.17) is 0 Å². The Balaban J connectivity index is 2.72. The van der Waals surface area contributed by atoms with Crippen LogP contribution in [0.2, 0.25) is 0 Å². The maximum atomic E-state index is 11.3. The lowest BCUT2D eigenvalue weighted by atomic mass is 9.95. The second-order valence-corrected chi connectivity index (χ2v) is 4.82. The normalized spacial score (nSPS) is 20.6. The Morgan fingerprint density at radius 2 is 1.93 bits per heavy atom. The third-order valence-electron chi connectivity index (χ3n) is 3.20. The number of aliphatic carboxylic acids is 1. The van der Waals surface area contributed by atoms with E-state index >= 15 is 0 Å². The van der Waals surface area contributed by atoms with Crippen molar-refractivity contribution in [2.75, 3.05) is 13.6 Å². The zero-order valence-electron chi connectivity index (χ0n) is 9.42. The molecular weight excluding hydrogens is 178 g/mol. The van der Waals surface area contributed by atoms with Crippen LogP contribution in [0.5, 0.6) is 0 Å². The highest BCUT2D eigenvalue weighted by Crippen LogP contribution is 2.35. The fourth-order valence-corrected chi connectivity index (χ4v) is 2.44. The second-order valence-electron chi connectivity index (χ2n) is 4.82. The van der Waals surface area contributed by atoms with E-state index in [1.165, 1.54) is 0 Å². The van der Waals surface area contributed by atoms with E-state index in [9.17, 15) is 9.90 Å². The molecule has 1 aliphatic rings. The molecule has 3 heteroatoms. The van der Waals surface area contributed by atoms with E-state index in [1.807, 2.05) is 11.9 Å². The van der Waals surface area contributed by atoms with Crippen molar-refractivity contribution in [1.29, 1.82) is 0 Å². The zero-order valence-corrected chi connectivity index (χ0v) is 9.42. The molecule has 0 amide bonds. The third-order valence-corrected chi connectivity index (χ3v) is 3.20. The van der Waals surface area contributed by atoms with Crippen LogP contribution in [0.15, 0.2) is 0 Å². The number of nitrogens with zero attached hydrogens (tertiary/aromatic N) is 1. The van der Waals surface area contributed by atoms with Crippen LogP contribution in [0.4, 0.5) is 0 Å². The van der Waals surface area contributed by atoms with Gasteiger partial charge in [-0.25, -0.2) is 0 Å². The molecule has 1 rings (SSSR count). The number of hydrogen-bond acceptors (Lipinski definition) is 2. The molecule has 0 atom stereocenters. The fraction of sp³-hybridized carbons (Fsp3) is 0.909. The van der Waals surface area contributed by atoms with Gasteiger partial charge in [0, 0.05) is 6.54 Å². The Kier molecular flexibility index (Phi) is 3.53. The van der Waals surface area contributed by atoms with E-state index in [0.29, 0.717) is 5.92 Å². The molecule has 3 nitrogen and oxygen atoms in total. The summed E-state index contributed by atoms with van der Waals surface area (Å²) in [6.07, 6.45) is 3.72. The topological polar surface area (TPSA) is 40.5 Å². The summed E-state index contributed by atoms with van der Waals surface area (Å²) in [6, 6.07) is 0. The summed E-state index contributed by atoms with van der Waals surface area (Å²) in [5, 5.41) is 9.31. The predicted octanol–water partition coefficient (Wildman–Crippen LogP) is 1.97. The molecule has 1 N–H and O–H groups in total. The SMILES string of the molecule is CC(C)CN(C)C1(C(=O)O)CCCC1. The average Bonchev–Trinajstić information content (AvgIpc) is 2.51. The van der Waals surface area contributed by atoms with Gasteiger partial charge in [-0.2, -0.15) is 0 Å². The van der Waals surface area contributed by atoms with Crippen LogP contribution in [0, 0.1) is 5.92 Å². The first-order valence-corrected chi connectivity index (χ1v) is 5.43. The number of rotatable bonds is 4. The van der Waals surface area contributed by atoms with Crippen molar-refractivity contribution < 1.29 is 9.90 Å². The highest BCUT2D eigenvalue weighted by molar-refractivity contribution is 5.79. The monoisotopic (exact) mass is 199 g/mol. The van der Waals surface area contributed by atoms with Gasteiger partial charge in [-0.3, -0.25) is 9.69 Å². The van der Waals surface area contributed by atoms with Crippen LogP contribution in [-0.4, -0.2) is 35.1 Å². The summed E-state index contributed by atoms with van der Waals surface area (Å²) in [5.41, 5.74) is -0.565. The third kappa shape index (κ3) is 2.08. The van der Waals surface area contributed by atoms with Gasteiger partial charge in [0.1, 0.15) is 5.54 Å². The summed E-state index contributed by atoms with van der Waals surface area (Å²) < 4.78 is 0. The van der Waals surface area contributed by atoms with E-state index in [1.54, 1.807) is 0 Å². The van der Waals surface area contributed by atoms with E-state index < -0.39 is 11.5 Å². The van der Waals surface area contributed by atoms with E-state index in [0.717, 1.165) is 32.2 Å². The number of carboxylic acid groups (broad SMARTS) is 1. The minimum Gasteiger partial charge on any atom is -0.480 e. The average molecular weight is 199 g/mol. The largest absolute Gasteiger partial charge is 0.480 e. The van der Waals surface area contributed by atoms with Crippen LogP contribution in [0.3, 0.4) is 0 Å². The van der Waals surface area contributed by atoms with Crippen LogP contribution < -0.4 is 0 Å². The van der Waals surface area contributed by atoms with Crippen molar-refractivity contribution in [2.24, 2.45) is 5.92 Å². The van der Waals surface area contributed by atoms with E-state index in [2.05, 4.69) is 13.8 Å². The van der Waals surface area contributed by atoms with Gasteiger partial charge in [0.25, 0.3) is 0 Å². The number of hydrogen-bond donors (Lipinski definition) is 1. The van der Waals surface area contributed by atoms with Gasteiger partial charge in [0.15, 0.2) is 0 Å². The molecule has 0 radical (unpaired) electrons. The zero-order chi connectivity index (χ0) is 10.8. The smallest absolute Gasteiger partial charge is 0.324 e. The minimum atomic E-state index is -0.641. The minimum absolute atomic E-state index is 0.525. The first-order chi connectivity index (χ1) is 6.49. The Hall–Kier alpha value is -0.570. The van der Waals surface area contributed by atoms with Crippen LogP contribution in [0.1, 0.15) is 39.5 Å². The molecule has 0 bridgehead atoms. The first kappa shape index (κ1) is 11.5. The van der Waals surface area contributed by atoms with Gasteiger partial charge in [-0.05, 0) is 25.8 Å². The van der Waals surface area contributed by atoms with Gasteiger partial charge in [0.2, 0.25) is 0 Å². The van der Waals surface area contributed by atoms with Crippen molar-refractivity contribution in [2.45, 2.75) is 45.1 Å². The molecule has 0 aromatic carbocycles. The van der Waals surface area contributed by atoms with Gasteiger partial charge in [-0.1, -0.05) is 26.7 Å². The van der Waals surface area contributed by atoms with Crippen LogP contribution in [-0.2, 0) is 4.79 Å². The molecule has 0 aromatic heterocycles. The van der Waals surface area contributed by atoms with Crippen LogP contribution >= 0.6 is 0 Å². The summed E-state index contributed by atoms with van der Waals surface area (Å²) >= 11 is 0. The van der Waals surface area contributed by atoms with Crippen molar-refractivity contribution in [3.63, 3.8) is 0 Å². The molecule has 0 spiro atoms. The fourth-order valence-electron chi connectivity index (χ4n) is 2.44. The number of likely N-dealkylation sites (N-methyl/N-ethyl adjacent to an activating group) is 1. The van der Waals surface area contributed by atoms with Gasteiger partial charge in [0.05, 0.1) is 0 Å². The molecule has 0 aliphatic heterocycles. The maximum Gasteiger partial charge on any atom is 0.324 e. The van der Waals surface area contributed by atoms with Gasteiger partial charge >= 0.3 is 5.97 Å². The van der Waals surface area contributed by atoms with Crippen molar-refractivity contribution in [3.8, 4) is 0 Å². The standard InChI is InChI=1S/C11H21NO2/c1-9(2)8-12(3)11(10(13)14)6-4-5-7-11/h9H,4-8H2,1-3H3,(H,13,14). The molecule has 1 fully saturated rings. The lowest BCUT2D eigenvalue weighted by Gasteiger charge is -2.35. The molecule has 82 valence electrons. The molecular formula is C11H21NO2. The Morgan fingerprint density at radius 1 is 1.43 bits per heavy atom. The Morgan fingerprint density at radius 3 is 2.29 bits per heavy atom. The predicted molar refractivity (Wildman–Crippen MR) is 56.3 cm³/mol. The highest BCUT2D eigenvalue weighted by Gasteiger charge is 2.44. The Bertz CT molecular complexity index is 207. The first-order valence-electron chi connectivity index (χ1n) is 5.43. The summed E-state index contributed by atoms with van der Waals surface area (Å²) in [6.45, 7) is 5.12. The lowest BCUT2D eigenvalue weighted by Crippen LogP contribution is -2.51. The quantitative estimate of drug-likeness (QED) is 0.752. The van der Waals surface area contributed by atoms with Crippen molar-refractivity contribution in [1.82, 2.24) is 4.90 Å².